The molecule has 3 heterocycles. The molecule has 0 spiro atoms. The second-order valence-corrected chi connectivity index (χ2v) is 5.21. The van der Waals surface area contributed by atoms with Gasteiger partial charge in [-0.2, -0.15) is 0 Å². The van der Waals surface area contributed by atoms with Crippen LogP contribution in [0.2, 0.25) is 0 Å². The summed E-state index contributed by atoms with van der Waals surface area (Å²) in [7, 11) is 0. The zero-order valence-corrected chi connectivity index (χ0v) is 10.6. The second-order valence-electron chi connectivity index (χ2n) is 5.21. The van der Waals surface area contributed by atoms with Crippen molar-refractivity contribution in [3.8, 4) is 0 Å². The van der Waals surface area contributed by atoms with Gasteiger partial charge in [0.05, 0.1) is 12.3 Å². The van der Waals surface area contributed by atoms with Crippen molar-refractivity contribution in [3.05, 3.63) is 18.1 Å². The van der Waals surface area contributed by atoms with Crippen LogP contribution in [0, 0.1) is 0 Å². The van der Waals surface area contributed by atoms with Crippen molar-refractivity contribution in [2.45, 2.75) is 31.2 Å². The number of hydrogen-bond donors (Lipinski definition) is 1. The minimum Gasteiger partial charge on any atom is -0.381 e. The molecule has 3 rings (SSSR count). The summed E-state index contributed by atoms with van der Waals surface area (Å²) in [5.74, 6) is 1.45. The van der Waals surface area contributed by atoms with Crippen LogP contribution >= 0.6 is 0 Å². The molecule has 0 saturated carbocycles. The largest absolute Gasteiger partial charge is 0.381 e. The average Bonchev–Trinajstić information content (AvgIpc) is 2.93. The predicted octanol–water partition coefficient (Wildman–Crippen LogP) is 0.908. The number of ether oxygens (including phenoxy) is 1. The summed E-state index contributed by atoms with van der Waals surface area (Å²) in [6, 6.07) is 2.38. The summed E-state index contributed by atoms with van der Waals surface area (Å²) < 4.78 is 5.42. The van der Waals surface area contributed by atoms with Crippen LogP contribution in [0.25, 0.3) is 0 Å². The maximum atomic E-state index is 6.02. The topological polar surface area (TPSA) is 64.3 Å². The Morgan fingerprint density at radius 3 is 3.06 bits per heavy atom. The minimum absolute atomic E-state index is 0.270. The maximum absolute atomic E-state index is 6.02. The van der Waals surface area contributed by atoms with Crippen LogP contribution in [0.3, 0.4) is 0 Å². The van der Waals surface area contributed by atoms with E-state index in [1.807, 2.05) is 0 Å². The molecule has 2 saturated heterocycles. The van der Waals surface area contributed by atoms with Gasteiger partial charge < -0.3 is 15.4 Å². The lowest BCUT2D eigenvalue weighted by Crippen LogP contribution is -2.43. The van der Waals surface area contributed by atoms with E-state index in [-0.39, 0.29) is 6.04 Å². The van der Waals surface area contributed by atoms with Crippen LogP contribution in [-0.4, -0.2) is 42.3 Å². The van der Waals surface area contributed by atoms with Crippen LogP contribution < -0.4 is 10.6 Å². The van der Waals surface area contributed by atoms with Crippen molar-refractivity contribution < 1.29 is 4.74 Å². The van der Waals surface area contributed by atoms with Gasteiger partial charge in [0.25, 0.3) is 0 Å². The highest BCUT2D eigenvalue weighted by molar-refractivity contribution is 5.40. The van der Waals surface area contributed by atoms with Gasteiger partial charge in [-0.05, 0) is 19.3 Å². The zero-order chi connectivity index (χ0) is 12.4. The second kappa shape index (κ2) is 5.20. The molecule has 2 atom stereocenters. The molecule has 2 N–H and O–H groups in total. The molecule has 5 heteroatoms. The van der Waals surface area contributed by atoms with Gasteiger partial charge in [-0.15, -0.1) is 0 Å². The van der Waals surface area contributed by atoms with E-state index in [0.717, 1.165) is 57.1 Å². The molecule has 0 bridgehead atoms. The molecular formula is C13H20N4O. The first-order valence-electron chi connectivity index (χ1n) is 6.73. The van der Waals surface area contributed by atoms with Gasteiger partial charge in [0.1, 0.15) is 12.1 Å². The maximum Gasteiger partial charge on any atom is 0.132 e. The number of anilines is 1. The van der Waals surface area contributed by atoms with E-state index in [1.165, 1.54) is 0 Å². The van der Waals surface area contributed by atoms with E-state index in [9.17, 15) is 0 Å². The Bertz CT molecular complexity index is 406. The lowest BCUT2D eigenvalue weighted by Gasteiger charge is -2.31. The van der Waals surface area contributed by atoms with Gasteiger partial charge in [-0.1, -0.05) is 0 Å². The number of hydrogen-bond acceptors (Lipinski definition) is 5. The van der Waals surface area contributed by atoms with E-state index in [0.29, 0.717) is 5.92 Å². The van der Waals surface area contributed by atoms with Crippen LogP contribution in [0.4, 0.5) is 5.82 Å². The Kier molecular flexibility index (Phi) is 3.43. The number of aromatic nitrogens is 2. The monoisotopic (exact) mass is 248 g/mol. The van der Waals surface area contributed by atoms with Gasteiger partial charge in [-0.3, -0.25) is 0 Å². The molecule has 2 aliphatic heterocycles. The molecule has 1 aromatic rings. The van der Waals surface area contributed by atoms with Crippen molar-refractivity contribution >= 4 is 5.82 Å². The lowest BCUT2D eigenvalue weighted by molar-refractivity contribution is 0.193. The summed E-state index contributed by atoms with van der Waals surface area (Å²) >= 11 is 0. The fourth-order valence-corrected chi connectivity index (χ4v) is 2.74. The van der Waals surface area contributed by atoms with E-state index < -0.39 is 0 Å². The molecule has 0 aromatic carbocycles. The Balaban J connectivity index is 1.77. The first kappa shape index (κ1) is 11.9. The molecular weight excluding hydrogens is 228 g/mol. The van der Waals surface area contributed by atoms with Gasteiger partial charge in [0.15, 0.2) is 0 Å². The Hall–Kier alpha value is -1.20. The normalized spacial score (nSPS) is 28.6. The average molecular weight is 248 g/mol. The van der Waals surface area contributed by atoms with Crippen molar-refractivity contribution in [1.82, 2.24) is 9.97 Å². The molecule has 2 unspecified atom stereocenters. The number of nitrogens with two attached hydrogens (primary N) is 1. The molecule has 18 heavy (non-hydrogen) atoms. The van der Waals surface area contributed by atoms with Gasteiger partial charge in [-0.25, -0.2) is 9.97 Å². The van der Waals surface area contributed by atoms with Gasteiger partial charge in [0.2, 0.25) is 0 Å². The van der Waals surface area contributed by atoms with Gasteiger partial charge >= 0.3 is 0 Å². The predicted molar refractivity (Wildman–Crippen MR) is 69.6 cm³/mol. The lowest BCUT2D eigenvalue weighted by atomic mass is 10.0. The molecule has 2 aliphatic rings. The first-order valence-corrected chi connectivity index (χ1v) is 6.73. The molecule has 0 aliphatic carbocycles. The number of piperidine rings is 1. The highest BCUT2D eigenvalue weighted by Gasteiger charge is 2.22. The summed E-state index contributed by atoms with van der Waals surface area (Å²) in [4.78, 5) is 11.0. The molecule has 0 amide bonds. The van der Waals surface area contributed by atoms with Crippen LogP contribution in [-0.2, 0) is 4.74 Å². The SMILES string of the molecule is NC1CCCN(c2cc(C3CCOC3)ncn2)C1. The molecule has 5 nitrogen and oxygen atoms in total. The fourth-order valence-electron chi connectivity index (χ4n) is 2.74. The summed E-state index contributed by atoms with van der Waals surface area (Å²) in [5, 5.41) is 0. The number of nitrogens with zero attached hydrogens (tertiary/aromatic N) is 3. The Morgan fingerprint density at radius 2 is 2.28 bits per heavy atom. The Morgan fingerprint density at radius 1 is 1.33 bits per heavy atom. The van der Waals surface area contributed by atoms with Crippen molar-refractivity contribution in [2.24, 2.45) is 5.73 Å². The van der Waals surface area contributed by atoms with Gasteiger partial charge in [0, 0.05) is 37.7 Å². The third-order valence-electron chi connectivity index (χ3n) is 3.80. The fraction of sp³-hybridized carbons (Fsp3) is 0.692. The van der Waals surface area contributed by atoms with E-state index in [2.05, 4.69) is 20.9 Å². The van der Waals surface area contributed by atoms with Crippen LogP contribution in [0.15, 0.2) is 12.4 Å². The quantitative estimate of drug-likeness (QED) is 0.842. The molecule has 0 radical (unpaired) electrons. The molecule has 1 aromatic heterocycles. The first-order chi connectivity index (χ1) is 8.83. The molecule has 98 valence electrons. The summed E-state index contributed by atoms with van der Waals surface area (Å²) in [5.41, 5.74) is 7.13. The Labute approximate surface area is 107 Å². The highest BCUT2D eigenvalue weighted by Crippen LogP contribution is 2.26. The van der Waals surface area contributed by atoms with E-state index in [4.69, 9.17) is 10.5 Å². The van der Waals surface area contributed by atoms with Crippen molar-refractivity contribution in [2.75, 3.05) is 31.2 Å². The third kappa shape index (κ3) is 2.47. The van der Waals surface area contributed by atoms with Crippen molar-refractivity contribution in [1.29, 1.82) is 0 Å². The summed E-state index contributed by atoms with van der Waals surface area (Å²) in [6.45, 7) is 3.58. The van der Waals surface area contributed by atoms with Crippen LogP contribution in [0.5, 0.6) is 0 Å². The number of rotatable bonds is 2. The third-order valence-corrected chi connectivity index (χ3v) is 3.80. The smallest absolute Gasteiger partial charge is 0.132 e. The summed E-state index contributed by atoms with van der Waals surface area (Å²) in [6.07, 6.45) is 5.00. The van der Waals surface area contributed by atoms with E-state index in [1.54, 1.807) is 6.33 Å². The van der Waals surface area contributed by atoms with Crippen molar-refractivity contribution in [3.63, 3.8) is 0 Å². The van der Waals surface area contributed by atoms with E-state index >= 15 is 0 Å². The van der Waals surface area contributed by atoms with Crippen LogP contribution in [0.1, 0.15) is 30.9 Å². The molecule has 2 fully saturated rings. The zero-order valence-electron chi connectivity index (χ0n) is 10.6. The minimum atomic E-state index is 0.270. The standard InChI is InChI=1S/C13H20N4O/c14-11-2-1-4-17(7-11)13-6-12(15-9-16-13)10-3-5-18-8-10/h6,9-11H,1-5,7-8,14H2. The highest BCUT2D eigenvalue weighted by atomic mass is 16.5.